The Morgan fingerprint density at radius 3 is 2.53 bits per heavy atom. The van der Waals surface area contributed by atoms with Gasteiger partial charge in [0.2, 0.25) is 0 Å². The molecule has 2 nitrogen and oxygen atoms in total. The van der Waals surface area contributed by atoms with Gasteiger partial charge in [-0.15, -0.1) is 0 Å². The molecule has 1 heterocycles. The van der Waals surface area contributed by atoms with Crippen LogP contribution in [0.2, 0.25) is 0 Å². The van der Waals surface area contributed by atoms with Crippen molar-refractivity contribution in [3.8, 4) is 0 Å². The van der Waals surface area contributed by atoms with Crippen molar-refractivity contribution >= 4 is 32.5 Å². The molecule has 0 unspecified atom stereocenters. The highest BCUT2D eigenvalue weighted by atomic mass is 79.9. The van der Waals surface area contributed by atoms with Crippen molar-refractivity contribution in [1.29, 1.82) is 0 Å². The lowest BCUT2D eigenvalue weighted by molar-refractivity contribution is 0.830. The zero-order valence-electron chi connectivity index (χ0n) is 8.79. The van der Waals surface area contributed by atoms with Crippen LogP contribution in [-0.4, -0.2) is 4.98 Å². The van der Waals surface area contributed by atoms with Gasteiger partial charge < -0.3 is 5.73 Å². The van der Waals surface area contributed by atoms with Crippen molar-refractivity contribution in [3.63, 3.8) is 0 Å². The number of benzene rings is 1. The summed E-state index contributed by atoms with van der Waals surface area (Å²) in [5, 5.41) is 1.08. The van der Waals surface area contributed by atoms with Crippen molar-refractivity contribution in [2.45, 2.75) is 19.8 Å². The largest absolute Gasteiger partial charge is 0.396 e. The van der Waals surface area contributed by atoms with Gasteiger partial charge in [-0.05, 0) is 34.0 Å². The van der Waals surface area contributed by atoms with Crippen LogP contribution in [0.25, 0.3) is 10.9 Å². The van der Waals surface area contributed by atoms with Crippen LogP contribution in [0.1, 0.15) is 25.5 Å². The van der Waals surface area contributed by atoms with E-state index in [1.54, 1.807) is 0 Å². The molecule has 2 aromatic rings. The van der Waals surface area contributed by atoms with Crippen LogP contribution in [0.4, 0.5) is 5.69 Å². The number of nitrogens with zero attached hydrogens (tertiary/aromatic N) is 1. The molecule has 3 heteroatoms. The van der Waals surface area contributed by atoms with Gasteiger partial charge in [-0.3, -0.25) is 4.98 Å². The lowest BCUT2D eigenvalue weighted by Crippen LogP contribution is -1.96. The van der Waals surface area contributed by atoms with Gasteiger partial charge in [-0.2, -0.15) is 0 Å². The van der Waals surface area contributed by atoms with Crippen molar-refractivity contribution in [2.24, 2.45) is 0 Å². The van der Waals surface area contributed by atoms with Gasteiger partial charge in [0.05, 0.1) is 11.2 Å². The molecule has 1 aromatic carbocycles. The predicted octanol–water partition coefficient (Wildman–Crippen LogP) is 3.70. The van der Waals surface area contributed by atoms with E-state index < -0.39 is 0 Å². The molecule has 0 atom stereocenters. The molecule has 0 aliphatic heterocycles. The molecular weight excluding hydrogens is 252 g/mol. The number of anilines is 1. The van der Waals surface area contributed by atoms with Crippen LogP contribution < -0.4 is 5.73 Å². The van der Waals surface area contributed by atoms with E-state index in [9.17, 15) is 0 Å². The van der Waals surface area contributed by atoms with Gasteiger partial charge in [0.25, 0.3) is 0 Å². The Balaban J connectivity index is 2.73. The smallest absolute Gasteiger partial charge is 0.0946 e. The monoisotopic (exact) mass is 264 g/mol. The second kappa shape index (κ2) is 3.81. The maximum absolute atomic E-state index is 5.98. The van der Waals surface area contributed by atoms with E-state index in [1.807, 2.05) is 12.1 Å². The summed E-state index contributed by atoms with van der Waals surface area (Å²) in [6.07, 6.45) is 0. The minimum absolute atomic E-state index is 0.424. The molecule has 78 valence electrons. The third-order valence-electron chi connectivity index (χ3n) is 2.46. The summed E-state index contributed by atoms with van der Waals surface area (Å²) in [6, 6.07) is 8.10. The van der Waals surface area contributed by atoms with E-state index in [0.29, 0.717) is 5.92 Å². The number of pyridine rings is 1. The van der Waals surface area contributed by atoms with E-state index in [0.717, 1.165) is 26.8 Å². The van der Waals surface area contributed by atoms with E-state index >= 15 is 0 Å². The molecule has 0 saturated carbocycles. The van der Waals surface area contributed by atoms with Crippen molar-refractivity contribution < 1.29 is 0 Å². The quantitative estimate of drug-likeness (QED) is 0.798. The van der Waals surface area contributed by atoms with Gasteiger partial charge in [0.1, 0.15) is 0 Å². The molecule has 0 aliphatic rings. The topological polar surface area (TPSA) is 38.9 Å². The first-order valence-electron chi connectivity index (χ1n) is 4.94. The molecule has 1 aromatic heterocycles. The van der Waals surface area contributed by atoms with Crippen LogP contribution in [-0.2, 0) is 0 Å². The number of hydrogen-bond donors (Lipinski definition) is 1. The number of nitrogen functional groups attached to an aromatic ring is 1. The Bertz CT molecular complexity index is 506. The molecule has 0 aliphatic carbocycles. The van der Waals surface area contributed by atoms with Crippen molar-refractivity contribution in [2.75, 3.05) is 5.73 Å². The minimum Gasteiger partial charge on any atom is -0.396 e. The Morgan fingerprint density at radius 2 is 1.87 bits per heavy atom. The van der Waals surface area contributed by atoms with Crippen molar-refractivity contribution in [1.82, 2.24) is 4.98 Å². The summed E-state index contributed by atoms with van der Waals surface area (Å²) in [6.45, 7) is 4.25. The molecule has 15 heavy (non-hydrogen) atoms. The van der Waals surface area contributed by atoms with Gasteiger partial charge in [-0.25, -0.2) is 0 Å². The fourth-order valence-electron chi connectivity index (χ4n) is 1.52. The van der Waals surface area contributed by atoms with Crippen LogP contribution >= 0.6 is 15.9 Å². The molecule has 0 amide bonds. The number of halogens is 1. The second-order valence-electron chi connectivity index (χ2n) is 3.92. The van der Waals surface area contributed by atoms with Crippen molar-refractivity contribution in [3.05, 3.63) is 34.4 Å². The van der Waals surface area contributed by atoms with E-state index in [1.165, 1.54) is 0 Å². The predicted molar refractivity (Wildman–Crippen MR) is 67.9 cm³/mol. The molecule has 0 radical (unpaired) electrons. The minimum atomic E-state index is 0.424. The molecule has 2 rings (SSSR count). The first kappa shape index (κ1) is 10.4. The first-order valence-corrected chi connectivity index (χ1v) is 5.73. The lowest BCUT2D eigenvalue weighted by Gasteiger charge is -2.08. The molecular formula is C12H13BrN2. The number of rotatable bonds is 1. The van der Waals surface area contributed by atoms with Crippen LogP contribution in [0, 0.1) is 0 Å². The highest BCUT2D eigenvalue weighted by Crippen LogP contribution is 2.28. The number of aromatic nitrogens is 1. The van der Waals surface area contributed by atoms with Gasteiger partial charge >= 0.3 is 0 Å². The normalized spacial score (nSPS) is 11.2. The van der Waals surface area contributed by atoms with E-state index in [-0.39, 0.29) is 0 Å². The first-order chi connectivity index (χ1) is 7.09. The summed E-state index contributed by atoms with van der Waals surface area (Å²) in [4.78, 5) is 4.58. The van der Waals surface area contributed by atoms with Crippen LogP contribution in [0.15, 0.2) is 28.7 Å². The van der Waals surface area contributed by atoms with E-state index in [4.69, 9.17) is 5.73 Å². The number of nitrogens with two attached hydrogens (primary N) is 1. The Labute approximate surface area is 97.6 Å². The molecule has 2 N–H and O–H groups in total. The summed E-state index contributed by atoms with van der Waals surface area (Å²) in [5.74, 6) is 0.424. The lowest BCUT2D eigenvalue weighted by atomic mass is 10.1. The zero-order chi connectivity index (χ0) is 11.0. The van der Waals surface area contributed by atoms with E-state index in [2.05, 4.69) is 46.9 Å². The fourth-order valence-corrected chi connectivity index (χ4v) is 1.84. The fraction of sp³-hybridized carbons (Fsp3) is 0.250. The highest BCUT2D eigenvalue weighted by Gasteiger charge is 2.06. The third kappa shape index (κ3) is 1.84. The molecule has 0 spiro atoms. The summed E-state index contributed by atoms with van der Waals surface area (Å²) in [7, 11) is 0. The molecule has 0 saturated heterocycles. The van der Waals surface area contributed by atoms with Gasteiger partial charge in [0.15, 0.2) is 0 Å². The van der Waals surface area contributed by atoms with Gasteiger partial charge in [0, 0.05) is 15.6 Å². The van der Waals surface area contributed by atoms with Crippen LogP contribution in [0.5, 0.6) is 0 Å². The molecule has 0 fully saturated rings. The highest BCUT2D eigenvalue weighted by molar-refractivity contribution is 9.10. The zero-order valence-corrected chi connectivity index (χ0v) is 10.4. The summed E-state index contributed by atoms with van der Waals surface area (Å²) in [5.41, 5.74) is 8.66. The maximum atomic E-state index is 5.98. The Kier molecular flexibility index (Phi) is 2.65. The average molecular weight is 265 g/mol. The van der Waals surface area contributed by atoms with Gasteiger partial charge in [-0.1, -0.05) is 26.0 Å². The summed E-state index contributed by atoms with van der Waals surface area (Å²) < 4.78 is 0.906. The molecule has 0 bridgehead atoms. The second-order valence-corrected chi connectivity index (χ2v) is 4.78. The third-order valence-corrected chi connectivity index (χ3v) is 3.15. The number of fused-ring (bicyclic) bond motifs is 1. The standard InChI is InChI=1S/C12H13BrN2/c1-7(2)10-6-4-8-3-5-9(13)11(14)12(8)15-10/h3-7H,14H2,1-2H3. The maximum Gasteiger partial charge on any atom is 0.0946 e. The average Bonchev–Trinajstić information content (AvgIpc) is 2.23. The summed E-state index contributed by atoms with van der Waals surface area (Å²) >= 11 is 3.41. The SMILES string of the molecule is CC(C)c1ccc2ccc(Br)c(N)c2n1. The Morgan fingerprint density at radius 1 is 1.20 bits per heavy atom. The Hall–Kier alpha value is -1.09. The number of hydrogen-bond acceptors (Lipinski definition) is 2. The van der Waals surface area contributed by atoms with Crippen LogP contribution in [0.3, 0.4) is 0 Å².